The molecule has 19 heavy (non-hydrogen) atoms. The van der Waals surface area contributed by atoms with E-state index in [9.17, 15) is 15.0 Å². The number of phenolic OH excluding ortho intramolecular Hbond substituents is 1. The zero-order valence-electron chi connectivity index (χ0n) is 10.6. The summed E-state index contributed by atoms with van der Waals surface area (Å²) in [5.74, 6) is -1.78. The molecular formula is C15H14O4. The van der Waals surface area contributed by atoms with E-state index < -0.39 is 11.7 Å². The van der Waals surface area contributed by atoms with E-state index in [1.165, 1.54) is 12.1 Å². The predicted octanol–water partition coefficient (Wildman–Crippen LogP) is 3.08. The van der Waals surface area contributed by atoms with E-state index >= 15 is 0 Å². The van der Waals surface area contributed by atoms with Crippen molar-refractivity contribution in [2.75, 3.05) is 0 Å². The second kappa shape index (κ2) is 4.65. The van der Waals surface area contributed by atoms with E-state index in [0.29, 0.717) is 5.56 Å². The van der Waals surface area contributed by atoms with Gasteiger partial charge in [0.2, 0.25) is 0 Å². The molecular weight excluding hydrogens is 244 g/mol. The molecule has 0 aliphatic heterocycles. The molecule has 2 aromatic carbocycles. The Kier molecular flexibility index (Phi) is 3.17. The van der Waals surface area contributed by atoms with Gasteiger partial charge in [-0.3, -0.25) is 0 Å². The highest BCUT2D eigenvalue weighted by Crippen LogP contribution is 2.42. The molecule has 0 fully saturated rings. The van der Waals surface area contributed by atoms with Crippen LogP contribution in [0.4, 0.5) is 0 Å². The Balaban J connectivity index is 2.82. The van der Waals surface area contributed by atoms with Gasteiger partial charge in [-0.05, 0) is 42.7 Å². The van der Waals surface area contributed by atoms with Crippen molar-refractivity contribution in [3.8, 4) is 22.6 Å². The molecule has 0 atom stereocenters. The van der Waals surface area contributed by atoms with Crippen molar-refractivity contribution in [1.29, 1.82) is 0 Å². The van der Waals surface area contributed by atoms with Crippen molar-refractivity contribution in [2.24, 2.45) is 0 Å². The second-order valence-electron chi connectivity index (χ2n) is 4.43. The zero-order valence-corrected chi connectivity index (χ0v) is 10.6. The van der Waals surface area contributed by atoms with E-state index in [0.717, 1.165) is 11.1 Å². The number of hydrogen-bond acceptors (Lipinski definition) is 3. The summed E-state index contributed by atoms with van der Waals surface area (Å²) in [5, 5.41) is 29.1. The van der Waals surface area contributed by atoms with Gasteiger partial charge in [0.1, 0.15) is 17.1 Å². The summed E-state index contributed by atoms with van der Waals surface area (Å²) in [5.41, 5.74) is 2.30. The lowest BCUT2D eigenvalue weighted by Crippen LogP contribution is -1.99. The molecule has 0 unspecified atom stereocenters. The minimum Gasteiger partial charge on any atom is -0.507 e. The van der Waals surface area contributed by atoms with Crippen LogP contribution in [0.25, 0.3) is 11.1 Å². The number of carbonyl (C=O) groups is 1. The van der Waals surface area contributed by atoms with Crippen LogP contribution < -0.4 is 0 Å². The third-order valence-electron chi connectivity index (χ3n) is 3.12. The van der Waals surface area contributed by atoms with Gasteiger partial charge in [-0.25, -0.2) is 4.79 Å². The molecule has 98 valence electrons. The van der Waals surface area contributed by atoms with Gasteiger partial charge in [0, 0.05) is 0 Å². The summed E-state index contributed by atoms with van der Waals surface area (Å²) >= 11 is 0. The Hall–Kier alpha value is -2.49. The van der Waals surface area contributed by atoms with Crippen molar-refractivity contribution in [3.63, 3.8) is 0 Å². The van der Waals surface area contributed by atoms with Crippen molar-refractivity contribution in [3.05, 3.63) is 47.0 Å². The highest BCUT2D eigenvalue weighted by atomic mass is 16.4. The molecule has 4 nitrogen and oxygen atoms in total. The van der Waals surface area contributed by atoms with Crippen molar-refractivity contribution < 1.29 is 20.1 Å². The lowest BCUT2D eigenvalue weighted by Gasteiger charge is -2.14. The number of hydrogen-bond donors (Lipinski definition) is 3. The zero-order chi connectivity index (χ0) is 14.2. The van der Waals surface area contributed by atoms with E-state index in [2.05, 4.69) is 0 Å². The smallest absolute Gasteiger partial charge is 0.339 e. The van der Waals surface area contributed by atoms with Crippen LogP contribution in [0.15, 0.2) is 30.3 Å². The minimum atomic E-state index is -1.23. The first kappa shape index (κ1) is 13.0. The molecule has 0 aromatic heterocycles. The summed E-state index contributed by atoms with van der Waals surface area (Å²) in [6.07, 6.45) is 0. The number of carboxylic acid groups (broad SMARTS) is 1. The van der Waals surface area contributed by atoms with Crippen molar-refractivity contribution >= 4 is 5.97 Å². The molecule has 4 heteroatoms. The molecule has 2 rings (SSSR count). The minimum absolute atomic E-state index is 0.139. The van der Waals surface area contributed by atoms with Gasteiger partial charge in [-0.2, -0.15) is 0 Å². The Morgan fingerprint density at radius 1 is 0.947 bits per heavy atom. The second-order valence-corrected chi connectivity index (χ2v) is 4.43. The van der Waals surface area contributed by atoms with Crippen LogP contribution in [0.5, 0.6) is 11.5 Å². The lowest BCUT2D eigenvalue weighted by atomic mass is 9.93. The first-order chi connectivity index (χ1) is 8.93. The molecule has 0 aliphatic rings. The summed E-state index contributed by atoms with van der Waals surface area (Å²) in [6.45, 7) is 3.68. The van der Waals surface area contributed by atoms with Gasteiger partial charge in [-0.1, -0.05) is 18.2 Å². The number of rotatable bonds is 2. The molecule has 0 heterocycles. The average molecular weight is 258 g/mol. The SMILES string of the molecule is Cc1cccc(C)c1-c1c(O)ccc(C(=O)O)c1O. The van der Waals surface area contributed by atoms with E-state index in [-0.39, 0.29) is 16.9 Å². The third kappa shape index (κ3) is 2.12. The molecule has 3 N–H and O–H groups in total. The highest BCUT2D eigenvalue weighted by molar-refractivity contribution is 5.96. The molecule has 0 saturated heterocycles. The quantitative estimate of drug-likeness (QED) is 0.773. The lowest BCUT2D eigenvalue weighted by molar-refractivity contribution is 0.0694. The third-order valence-corrected chi connectivity index (χ3v) is 3.12. The summed E-state index contributed by atoms with van der Waals surface area (Å²) in [6, 6.07) is 8.01. The maximum Gasteiger partial charge on any atom is 0.339 e. The van der Waals surface area contributed by atoms with Gasteiger partial charge >= 0.3 is 5.97 Å². The van der Waals surface area contributed by atoms with Crippen LogP contribution in [-0.2, 0) is 0 Å². The summed E-state index contributed by atoms with van der Waals surface area (Å²) < 4.78 is 0. The first-order valence-corrected chi connectivity index (χ1v) is 5.78. The highest BCUT2D eigenvalue weighted by Gasteiger charge is 2.20. The topological polar surface area (TPSA) is 77.8 Å². The Labute approximate surface area is 110 Å². The molecule has 0 aliphatic carbocycles. The van der Waals surface area contributed by atoms with Crippen molar-refractivity contribution in [1.82, 2.24) is 0 Å². The number of aromatic hydroxyl groups is 2. The maximum absolute atomic E-state index is 11.0. The molecule has 2 aromatic rings. The Morgan fingerprint density at radius 2 is 1.53 bits per heavy atom. The van der Waals surface area contributed by atoms with Crippen molar-refractivity contribution in [2.45, 2.75) is 13.8 Å². The van der Waals surface area contributed by atoms with E-state index in [1.807, 2.05) is 32.0 Å². The molecule has 0 saturated carbocycles. The molecule has 0 amide bonds. The molecule has 0 spiro atoms. The van der Waals surface area contributed by atoms with E-state index in [4.69, 9.17) is 5.11 Å². The fourth-order valence-corrected chi connectivity index (χ4v) is 2.21. The van der Waals surface area contributed by atoms with Gasteiger partial charge in [0.25, 0.3) is 0 Å². The van der Waals surface area contributed by atoms with Crippen LogP contribution >= 0.6 is 0 Å². The van der Waals surface area contributed by atoms with E-state index in [1.54, 1.807) is 0 Å². The number of benzene rings is 2. The number of aromatic carboxylic acids is 1. The fraction of sp³-hybridized carbons (Fsp3) is 0.133. The number of carboxylic acids is 1. The van der Waals surface area contributed by atoms with Crippen LogP contribution in [0.1, 0.15) is 21.5 Å². The van der Waals surface area contributed by atoms with Crippen LogP contribution in [-0.4, -0.2) is 21.3 Å². The number of phenols is 2. The first-order valence-electron chi connectivity index (χ1n) is 5.78. The van der Waals surface area contributed by atoms with Gasteiger partial charge in [0.05, 0.1) is 5.56 Å². The van der Waals surface area contributed by atoms with Crippen LogP contribution in [0.3, 0.4) is 0 Å². The Morgan fingerprint density at radius 3 is 2.05 bits per heavy atom. The van der Waals surface area contributed by atoms with Crippen LogP contribution in [0, 0.1) is 13.8 Å². The normalized spacial score (nSPS) is 10.4. The average Bonchev–Trinajstić information content (AvgIpc) is 2.32. The molecule has 0 radical (unpaired) electrons. The largest absolute Gasteiger partial charge is 0.507 e. The number of aryl methyl sites for hydroxylation is 2. The van der Waals surface area contributed by atoms with Gasteiger partial charge in [0.15, 0.2) is 0 Å². The van der Waals surface area contributed by atoms with Gasteiger partial charge in [-0.15, -0.1) is 0 Å². The molecule has 0 bridgehead atoms. The maximum atomic E-state index is 11.0. The predicted molar refractivity (Wildman–Crippen MR) is 71.6 cm³/mol. The standard InChI is InChI=1S/C15H14O4/c1-8-4-3-5-9(2)12(8)13-11(16)7-6-10(14(13)17)15(18)19/h3-7,16-17H,1-2H3,(H,18,19). The van der Waals surface area contributed by atoms with Crippen LogP contribution in [0.2, 0.25) is 0 Å². The summed E-state index contributed by atoms with van der Waals surface area (Å²) in [7, 11) is 0. The fourth-order valence-electron chi connectivity index (χ4n) is 2.21. The monoisotopic (exact) mass is 258 g/mol. The van der Waals surface area contributed by atoms with Gasteiger partial charge < -0.3 is 15.3 Å². The Bertz CT molecular complexity index is 639. The summed E-state index contributed by atoms with van der Waals surface area (Å²) in [4.78, 5) is 11.0.